The Balaban J connectivity index is 1.35. The first-order valence-electron chi connectivity index (χ1n) is 14.3. The van der Waals surface area contributed by atoms with E-state index < -0.39 is 32.5 Å². The molecule has 0 heterocycles. The van der Waals surface area contributed by atoms with Crippen LogP contribution >= 0.6 is 0 Å². The first-order chi connectivity index (χ1) is 19.3. The molecule has 4 aliphatic rings. The molecule has 4 nitrogen and oxygen atoms in total. The van der Waals surface area contributed by atoms with Crippen molar-refractivity contribution in [2.24, 2.45) is 17.3 Å². The number of allylic oxidation sites excluding steroid dienone is 4. The van der Waals surface area contributed by atoms with E-state index in [-0.39, 0.29) is 40.4 Å². The van der Waals surface area contributed by atoms with Crippen LogP contribution in [-0.2, 0) is 14.6 Å². The highest BCUT2D eigenvalue weighted by Gasteiger charge is 2.60. The smallest absolute Gasteiger partial charge is 0.175 e. The van der Waals surface area contributed by atoms with E-state index in [1.165, 1.54) is 36.8 Å². The Hall–Kier alpha value is -3.08. The van der Waals surface area contributed by atoms with E-state index in [0.29, 0.717) is 17.5 Å². The third kappa shape index (κ3) is 4.60. The highest BCUT2D eigenvalue weighted by molar-refractivity contribution is 7.90. The molecular formula is C34H34F2O4S. The zero-order valence-electron chi connectivity index (χ0n) is 23.6. The highest BCUT2D eigenvalue weighted by Crippen LogP contribution is 2.64. The van der Waals surface area contributed by atoms with Crippen LogP contribution < -0.4 is 0 Å². The van der Waals surface area contributed by atoms with Crippen LogP contribution in [-0.4, -0.2) is 31.2 Å². The number of carbonyl (C=O) groups excluding carboxylic acids is 1. The van der Waals surface area contributed by atoms with Gasteiger partial charge in [0.05, 0.1) is 4.90 Å². The fraction of sp³-hybridized carbons (Fsp3) is 0.441. The van der Waals surface area contributed by atoms with Crippen molar-refractivity contribution in [1.82, 2.24) is 0 Å². The van der Waals surface area contributed by atoms with Crippen molar-refractivity contribution in [2.45, 2.75) is 75.2 Å². The van der Waals surface area contributed by atoms with Gasteiger partial charge in [-0.25, -0.2) is 17.2 Å². The van der Waals surface area contributed by atoms with Crippen LogP contribution in [0.2, 0.25) is 0 Å². The SMILES string of the molecule is Cc1c(F)cc(C2CC(=O)C=C3CCC4C(=C32)CCC2(C)C4CCC2(O)C#Cc2ccc(S(C)(=O)=O)cc2)cc1F. The predicted octanol–water partition coefficient (Wildman–Crippen LogP) is 6.36. The number of aliphatic hydroxyl groups is 1. The van der Waals surface area contributed by atoms with Crippen molar-refractivity contribution in [3.8, 4) is 11.8 Å². The molecule has 0 bridgehead atoms. The number of sulfone groups is 1. The van der Waals surface area contributed by atoms with Crippen molar-refractivity contribution in [1.29, 1.82) is 0 Å². The van der Waals surface area contributed by atoms with Gasteiger partial charge >= 0.3 is 0 Å². The normalized spacial score (nSPS) is 31.0. The molecule has 5 unspecified atom stereocenters. The van der Waals surface area contributed by atoms with E-state index >= 15 is 0 Å². The predicted molar refractivity (Wildman–Crippen MR) is 153 cm³/mol. The fourth-order valence-electron chi connectivity index (χ4n) is 7.97. The molecule has 0 saturated heterocycles. The fourth-order valence-corrected chi connectivity index (χ4v) is 8.60. The zero-order valence-corrected chi connectivity index (χ0v) is 24.4. The lowest BCUT2D eigenvalue weighted by atomic mass is 9.54. The molecule has 7 heteroatoms. The average molecular weight is 577 g/mol. The molecule has 0 amide bonds. The van der Waals surface area contributed by atoms with E-state index in [9.17, 15) is 27.1 Å². The van der Waals surface area contributed by atoms with Crippen molar-refractivity contribution in [3.63, 3.8) is 0 Å². The number of fused-ring (bicyclic) bond motifs is 4. The largest absolute Gasteiger partial charge is 0.377 e. The molecule has 1 N–H and O–H groups in total. The molecule has 6 rings (SSSR count). The summed E-state index contributed by atoms with van der Waals surface area (Å²) in [6.07, 6.45) is 7.50. The third-order valence-electron chi connectivity index (χ3n) is 10.3. The molecule has 4 aliphatic carbocycles. The number of ketones is 1. The van der Waals surface area contributed by atoms with Gasteiger partial charge < -0.3 is 5.11 Å². The van der Waals surface area contributed by atoms with Gasteiger partial charge in [-0.3, -0.25) is 4.79 Å². The van der Waals surface area contributed by atoms with Crippen LogP contribution in [0.4, 0.5) is 8.78 Å². The number of hydrogen-bond acceptors (Lipinski definition) is 4. The van der Waals surface area contributed by atoms with Crippen LogP contribution in [0.15, 0.2) is 64.1 Å². The summed E-state index contributed by atoms with van der Waals surface area (Å²) < 4.78 is 52.8. The molecule has 0 aromatic heterocycles. The third-order valence-corrected chi connectivity index (χ3v) is 11.5. The van der Waals surface area contributed by atoms with Crippen molar-refractivity contribution in [2.75, 3.05) is 6.26 Å². The second-order valence-electron chi connectivity index (χ2n) is 12.6. The summed E-state index contributed by atoms with van der Waals surface area (Å²) in [4.78, 5) is 12.9. The molecule has 5 atom stereocenters. The summed E-state index contributed by atoms with van der Waals surface area (Å²) in [5.41, 5.74) is 2.86. The standard InChI is InChI=1S/C34H34F2O4S/c1-20-30(35)17-23(18-31(20)36)28-19-24(37)16-22-6-9-26-27(32(22)28)11-13-33(2)29(26)12-15-34(33,38)14-10-21-4-7-25(8-5-21)41(3,39)40/h4-5,7-8,16-18,26,28-29,38H,6,9,11-13,15,19H2,1-3H3. The maximum absolute atomic E-state index is 14.6. The Morgan fingerprint density at radius 3 is 2.37 bits per heavy atom. The Bertz CT molecular complexity index is 1670. The number of halogens is 2. The van der Waals surface area contributed by atoms with Crippen molar-refractivity contribution < 1.29 is 27.1 Å². The van der Waals surface area contributed by atoms with Crippen LogP contribution in [0.25, 0.3) is 0 Å². The van der Waals surface area contributed by atoms with Crippen LogP contribution in [0.5, 0.6) is 0 Å². The Kier molecular flexibility index (Phi) is 6.67. The monoisotopic (exact) mass is 576 g/mol. The highest BCUT2D eigenvalue weighted by atomic mass is 32.2. The van der Waals surface area contributed by atoms with Crippen LogP contribution in [0.3, 0.4) is 0 Å². The van der Waals surface area contributed by atoms with Gasteiger partial charge in [-0.05, 0) is 116 Å². The van der Waals surface area contributed by atoms with E-state index in [2.05, 4.69) is 18.8 Å². The second-order valence-corrected chi connectivity index (χ2v) is 14.6. The lowest BCUT2D eigenvalue weighted by Gasteiger charge is -2.51. The van der Waals surface area contributed by atoms with Gasteiger partial charge in [-0.1, -0.05) is 24.3 Å². The Morgan fingerprint density at radius 2 is 1.71 bits per heavy atom. The molecule has 2 aromatic carbocycles. The summed E-state index contributed by atoms with van der Waals surface area (Å²) >= 11 is 0. The molecule has 0 radical (unpaired) electrons. The van der Waals surface area contributed by atoms with E-state index in [0.717, 1.165) is 49.5 Å². The summed E-state index contributed by atoms with van der Waals surface area (Å²) in [6.45, 7) is 3.55. The zero-order chi connectivity index (χ0) is 29.3. The Morgan fingerprint density at radius 1 is 1.02 bits per heavy atom. The minimum atomic E-state index is -3.30. The van der Waals surface area contributed by atoms with E-state index in [1.54, 1.807) is 18.2 Å². The minimum Gasteiger partial charge on any atom is -0.377 e. The maximum Gasteiger partial charge on any atom is 0.175 e. The summed E-state index contributed by atoms with van der Waals surface area (Å²) in [6, 6.07) is 9.17. The van der Waals surface area contributed by atoms with Crippen LogP contribution in [0.1, 0.15) is 74.5 Å². The number of benzene rings is 2. The average Bonchev–Trinajstić information content (AvgIpc) is 3.20. The molecule has 0 spiro atoms. The lowest BCUT2D eigenvalue weighted by molar-refractivity contribution is -0.115. The van der Waals surface area contributed by atoms with Gasteiger partial charge in [0.25, 0.3) is 0 Å². The Labute approximate surface area is 240 Å². The maximum atomic E-state index is 14.6. The molecule has 0 aliphatic heterocycles. The van der Waals surface area contributed by atoms with Gasteiger partial charge in [-0.15, -0.1) is 0 Å². The topological polar surface area (TPSA) is 71.4 Å². The molecule has 41 heavy (non-hydrogen) atoms. The lowest BCUT2D eigenvalue weighted by Crippen LogP contribution is -2.49. The number of carbonyl (C=O) groups is 1. The van der Waals surface area contributed by atoms with Gasteiger partial charge in [0.2, 0.25) is 0 Å². The van der Waals surface area contributed by atoms with Gasteiger partial charge in [-0.2, -0.15) is 0 Å². The number of hydrogen-bond donors (Lipinski definition) is 1. The molecule has 2 saturated carbocycles. The minimum absolute atomic E-state index is 0.00933. The molecule has 2 aromatic rings. The first-order valence-corrected chi connectivity index (χ1v) is 16.2. The van der Waals surface area contributed by atoms with Gasteiger partial charge in [0.1, 0.15) is 17.2 Å². The van der Waals surface area contributed by atoms with E-state index in [4.69, 9.17) is 0 Å². The summed E-state index contributed by atoms with van der Waals surface area (Å²) in [5.74, 6) is 5.12. The first kappa shape index (κ1) is 28.1. The molecule has 2 fully saturated rings. The van der Waals surface area contributed by atoms with Crippen LogP contribution in [0, 0.1) is 47.6 Å². The van der Waals surface area contributed by atoms with Crippen molar-refractivity contribution in [3.05, 3.63) is 87.5 Å². The summed E-state index contributed by atoms with van der Waals surface area (Å²) in [7, 11) is -3.30. The van der Waals surface area contributed by atoms with Crippen molar-refractivity contribution >= 4 is 15.6 Å². The van der Waals surface area contributed by atoms with E-state index in [1.807, 2.05) is 0 Å². The quantitative estimate of drug-likeness (QED) is 0.423. The molecular weight excluding hydrogens is 542 g/mol. The van der Waals surface area contributed by atoms with Gasteiger partial charge in [0.15, 0.2) is 15.6 Å². The molecule has 214 valence electrons. The summed E-state index contributed by atoms with van der Waals surface area (Å²) in [5, 5.41) is 11.9. The van der Waals surface area contributed by atoms with Gasteiger partial charge in [0, 0.05) is 35.1 Å². The number of rotatable bonds is 2. The second kappa shape index (κ2) is 9.74.